The molecular weight excluding hydrogens is 486 g/mol. The summed E-state index contributed by atoms with van der Waals surface area (Å²) in [5.41, 5.74) is 1.19. The van der Waals surface area contributed by atoms with Gasteiger partial charge in [0, 0.05) is 37.8 Å². The quantitative estimate of drug-likeness (QED) is 0.370. The van der Waals surface area contributed by atoms with Gasteiger partial charge in [-0.1, -0.05) is 38.0 Å². The Morgan fingerprint density at radius 1 is 1.00 bits per heavy atom. The van der Waals surface area contributed by atoms with Crippen molar-refractivity contribution in [1.82, 2.24) is 8.87 Å². The summed E-state index contributed by atoms with van der Waals surface area (Å²) in [7, 11) is 1.35. The van der Waals surface area contributed by atoms with Crippen LogP contribution in [0.1, 0.15) is 49.9 Å². The Morgan fingerprint density at radius 2 is 1.57 bits per heavy atom. The van der Waals surface area contributed by atoms with Crippen LogP contribution in [0.4, 0.5) is 0 Å². The van der Waals surface area contributed by atoms with E-state index in [1.54, 1.807) is 18.5 Å². The predicted molar refractivity (Wildman–Crippen MR) is 139 cm³/mol. The number of aromatic nitrogens is 1. The normalized spacial score (nSPS) is 12.5. The van der Waals surface area contributed by atoms with Crippen LogP contribution in [-0.2, 0) is 17.1 Å². The number of rotatable bonds is 11. The van der Waals surface area contributed by atoms with Crippen LogP contribution in [0.25, 0.3) is 10.2 Å². The molecule has 35 heavy (non-hydrogen) atoms. The van der Waals surface area contributed by atoms with Crippen LogP contribution in [0.3, 0.4) is 0 Å². The number of sulfonamides is 1. The van der Waals surface area contributed by atoms with Crippen LogP contribution in [0, 0.1) is 0 Å². The molecule has 0 aliphatic carbocycles. The third kappa shape index (κ3) is 5.94. The second-order valence-corrected chi connectivity index (χ2v) is 11.1. The first-order valence-corrected chi connectivity index (χ1v) is 13.9. The number of benzene rings is 2. The highest BCUT2D eigenvalue weighted by molar-refractivity contribution is 7.89. The molecule has 0 N–H and O–H groups in total. The monoisotopic (exact) mass is 519 g/mol. The van der Waals surface area contributed by atoms with Crippen molar-refractivity contribution >= 4 is 37.5 Å². The summed E-state index contributed by atoms with van der Waals surface area (Å²) in [5, 5.41) is 0. The summed E-state index contributed by atoms with van der Waals surface area (Å²) in [6, 6.07) is 9.72. The molecule has 1 aromatic heterocycles. The van der Waals surface area contributed by atoms with Gasteiger partial charge in [-0.15, -0.1) is 0 Å². The van der Waals surface area contributed by atoms with E-state index in [2.05, 4.69) is 4.99 Å². The van der Waals surface area contributed by atoms with Crippen LogP contribution < -0.4 is 14.3 Å². The number of methoxy groups -OCH3 is 2. The minimum atomic E-state index is -3.62. The van der Waals surface area contributed by atoms with E-state index in [9.17, 15) is 13.2 Å². The van der Waals surface area contributed by atoms with Crippen molar-refractivity contribution in [3.8, 4) is 11.5 Å². The number of carbonyl (C=O) groups is 1. The summed E-state index contributed by atoms with van der Waals surface area (Å²) < 4.78 is 41.3. The minimum absolute atomic E-state index is 0.188. The molecule has 0 unspecified atom stereocenters. The molecule has 0 spiro atoms. The second-order valence-electron chi connectivity index (χ2n) is 8.17. The van der Waals surface area contributed by atoms with Crippen LogP contribution in [0.15, 0.2) is 46.3 Å². The van der Waals surface area contributed by atoms with Crippen molar-refractivity contribution in [2.45, 2.75) is 44.4 Å². The number of fused-ring (bicyclic) bond motifs is 1. The van der Waals surface area contributed by atoms with Crippen molar-refractivity contribution in [3.63, 3.8) is 0 Å². The third-order valence-corrected chi connectivity index (χ3v) is 8.78. The average molecular weight is 520 g/mol. The van der Waals surface area contributed by atoms with Crippen molar-refractivity contribution in [2.75, 3.05) is 27.3 Å². The van der Waals surface area contributed by atoms with E-state index in [0.29, 0.717) is 35.0 Å². The van der Waals surface area contributed by atoms with Gasteiger partial charge in [0.1, 0.15) is 0 Å². The van der Waals surface area contributed by atoms with Gasteiger partial charge in [0.15, 0.2) is 16.3 Å². The molecule has 1 heterocycles. The van der Waals surface area contributed by atoms with Crippen molar-refractivity contribution in [1.29, 1.82) is 0 Å². The molecule has 10 heteroatoms. The lowest BCUT2D eigenvalue weighted by Gasteiger charge is -2.22. The Balaban J connectivity index is 1.90. The first-order chi connectivity index (χ1) is 16.8. The smallest absolute Gasteiger partial charge is 0.279 e. The molecule has 190 valence electrons. The van der Waals surface area contributed by atoms with Gasteiger partial charge in [0.2, 0.25) is 10.0 Å². The maximum atomic E-state index is 13.2. The topological polar surface area (TPSA) is 90.2 Å². The van der Waals surface area contributed by atoms with Gasteiger partial charge in [-0.05, 0) is 37.1 Å². The molecular formula is C25H33N3O5S2. The molecule has 0 saturated carbocycles. The standard InChI is InChI=1S/C25H33N3O5S2/c1-6-8-14-28(15-9-7-2)35(30,31)19-12-10-18(11-13-19)24(29)26-25-27(3)20-16-21(32-4)22(33-5)17-23(20)34-25/h10-13,16-17H,6-9,14-15H2,1-5H3. The number of nitrogens with zero attached hydrogens (tertiary/aromatic N) is 3. The fourth-order valence-electron chi connectivity index (χ4n) is 3.65. The average Bonchev–Trinajstić information content (AvgIpc) is 3.16. The first kappa shape index (κ1) is 26.9. The van der Waals surface area contributed by atoms with Gasteiger partial charge in [-0.3, -0.25) is 4.79 Å². The number of ether oxygens (including phenoxy) is 2. The first-order valence-electron chi connectivity index (χ1n) is 11.7. The molecule has 1 amide bonds. The summed E-state index contributed by atoms with van der Waals surface area (Å²) in [6.07, 6.45) is 3.45. The number of hydrogen-bond acceptors (Lipinski definition) is 6. The Morgan fingerprint density at radius 3 is 2.11 bits per heavy atom. The number of hydrogen-bond donors (Lipinski definition) is 0. The maximum absolute atomic E-state index is 13.2. The largest absolute Gasteiger partial charge is 0.493 e. The molecule has 0 aliphatic heterocycles. The summed E-state index contributed by atoms with van der Waals surface area (Å²) >= 11 is 1.36. The molecule has 0 radical (unpaired) electrons. The highest BCUT2D eigenvalue weighted by Crippen LogP contribution is 2.33. The highest BCUT2D eigenvalue weighted by atomic mass is 32.2. The Bertz CT molecular complexity index is 1330. The predicted octanol–water partition coefficient (Wildman–Crippen LogP) is 4.59. The fraction of sp³-hybridized carbons (Fsp3) is 0.440. The molecule has 3 aromatic rings. The fourth-order valence-corrected chi connectivity index (χ4v) is 6.20. The molecule has 0 fully saturated rings. The number of thiazole rings is 1. The van der Waals surface area contributed by atoms with Crippen molar-refractivity contribution in [2.24, 2.45) is 12.0 Å². The lowest BCUT2D eigenvalue weighted by atomic mass is 10.2. The Hall–Kier alpha value is -2.69. The number of aryl methyl sites for hydroxylation is 1. The van der Waals surface area contributed by atoms with Crippen molar-refractivity contribution < 1.29 is 22.7 Å². The van der Waals surface area contributed by atoms with Gasteiger partial charge < -0.3 is 14.0 Å². The molecule has 0 bridgehead atoms. The third-order valence-electron chi connectivity index (χ3n) is 5.77. The van der Waals surface area contributed by atoms with Gasteiger partial charge in [0.25, 0.3) is 5.91 Å². The molecule has 0 saturated heterocycles. The highest BCUT2D eigenvalue weighted by Gasteiger charge is 2.23. The summed E-state index contributed by atoms with van der Waals surface area (Å²) in [4.78, 5) is 17.9. The summed E-state index contributed by atoms with van der Waals surface area (Å²) in [6.45, 7) is 5.07. The number of carbonyl (C=O) groups excluding carboxylic acids is 1. The Labute approximate surface area is 210 Å². The second kappa shape index (κ2) is 11.8. The van der Waals surface area contributed by atoms with E-state index >= 15 is 0 Å². The zero-order chi connectivity index (χ0) is 25.6. The van der Waals surface area contributed by atoms with Gasteiger partial charge in [0.05, 0.1) is 29.3 Å². The molecule has 2 aromatic carbocycles. The van der Waals surface area contributed by atoms with Gasteiger partial charge in [-0.2, -0.15) is 9.30 Å². The Kier molecular flexibility index (Phi) is 9.09. The molecule has 0 atom stereocenters. The summed E-state index contributed by atoms with van der Waals surface area (Å²) in [5.74, 6) is 0.752. The molecule has 0 aliphatic rings. The van der Waals surface area contributed by atoms with Crippen LogP contribution in [0.2, 0.25) is 0 Å². The zero-order valence-electron chi connectivity index (χ0n) is 20.9. The van der Waals surface area contributed by atoms with E-state index in [-0.39, 0.29) is 4.90 Å². The molecule has 8 nitrogen and oxygen atoms in total. The molecule has 3 rings (SSSR count). The van der Waals surface area contributed by atoms with Gasteiger partial charge >= 0.3 is 0 Å². The van der Waals surface area contributed by atoms with Crippen LogP contribution >= 0.6 is 11.3 Å². The minimum Gasteiger partial charge on any atom is -0.493 e. The van der Waals surface area contributed by atoms with Crippen LogP contribution in [0.5, 0.6) is 11.5 Å². The lowest BCUT2D eigenvalue weighted by molar-refractivity contribution is 0.0998. The zero-order valence-corrected chi connectivity index (χ0v) is 22.5. The SMILES string of the molecule is CCCCN(CCCC)S(=O)(=O)c1ccc(C(=O)N=c2sc3cc(OC)c(OC)cc3n2C)cc1. The number of unbranched alkanes of at least 4 members (excludes halogenated alkanes) is 2. The van der Waals surface area contributed by atoms with E-state index in [4.69, 9.17) is 9.47 Å². The lowest BCUT2D eigenvalue weighted by Crippen LogP contribution is -2.33. The maximum Gasteiger partial charge on any atom is 0.279 e. The van der Waals surface area contributed by atoms with E-state index in [0.717, 1.165) is 35.9 Å². The van der Waals surface area contributed by atoms with E-state index in [1.807, 2.05) is 37.6 Å². The van der Waals surface area contributed by atoms with Crippen LogP contribution in [-0.4, -0.2) is 50.5 Å². The van der Waals surface area contributed by atoms with Crippen molar-refractivity contribution in [3.05, 3.63) is 46.8 Å². The van der Waals surface area contributed by atoms with E-state index < -0.39 is 15.9 Å². The number of amides is 1. The van der Waals surface area contributed by atoms with Gasteiger partial charge in [-0.25, -0.2) is 8.42 Å². The van der Waals surface area contributed by atoms with E-state index in [1.165, 1.54) is 35.6 Å².